The van der Waals surface area contributed by atoms with Crippen molar-refractivity contribution in [3.8, 4) is 11.6 Å². The van der Waals surface area contributed by atoms with Crippen LogP contribution in [0.15, 0.2) is 23.1 Å². The van der Waals surface area contributed by atoms with E-state index < -0.39 is 10.0 Å². The Bertz CT molecular complexity index is 978. The molecule has 0 unspecified atom stereocenters. The fraction of sp³-hybridized carbons (Fsp3) is 0.474. The number of ether oxygens (including phenoxy) is 2. The number of hydrogen-bond donors (Lipinski definition) is 1. The average molecular weight is 441 g/mol. The van der Waals surface area contributed by atoms with E-state index in [0.29, 0.717) is 23.0 Å². The SMILES string of the molecule is COc1cc(C)c(S(=O)(=O)NCCOc2cc(N3CCCC3)nc(C)n2)cc1Cl. The number of aromatic nitrogens is 2. The molecule has 2 aromatic rings. The molecule has 1 aliphatic heterocycles. The van der Waals surface area contributed by atoms with Crippen molar-refractivity contribution in [3.05, 3.63) is 34.6 Å². The van der Waals surface area contributed by atoms with Gasteiger partial charge in [0.1, 0.15) is 24.0 Å². The molecule has 10 heteroatoms. The molecule has 0 bridgehead atoms. The highest BCUT2D eigenvalue weighted by molar-refractivity contribution is 7.89. The number of methoxy groups -OCH3 is 1. The molecule has 158 valence electrons. The highest BCUT2D eigenvalue weighted by Crippen LogP contribution is 2.30. The van der Waals surface area contributed by atoms with Crippen molar-refractivity contribution in [2.24, 2.45) is 0 Å². The maximum absolute atomic E-state index is 12.6. The molecule has 0 saturated carbocycles. The first-order chi connectivity index (χ1) is 13.8. The summed E-state index contributed by atoms with van der Waals surface area (Å²) in [4.78, 5) is 11.0. The second kappa shape index (κ2) is 9.15. The summed E-state index contributed by atoms with van der Waals surface area (Å²) in [5.41, 5.74) is 0.543. The number of hydrogen-bond acceptors (Lipinski definition) is 7. The Labute approximate surface area is 176 Å². The number of nitrogens with zero attached hydrogens (tertiary/aromatic N) is 3. The Hall–Kier alpha value is -2.10. The van der Waals surface area contributed by atoms with Gasteiger partial charge < -0.3 is 14.4 Å². The van der Waals surface area contributed by atoms with Crippen LogP contribution >= 0.6 is 11.6 Å². The molecule has 1 saturated heterocycles. The lowest BCUT2D eigenvalue weighted by Crippen LogP contribution is -2.29. The third-order valence-corrected chi connectivity index (χ3v) is 6.51. The summed E-state index contributed by atoms with van der Waals surface area (Å²) in [6.07, 6.45) is 2.30. The topological polar surface area (TPSA) is 93.7 Å². The van der Waals surface area contributed by atoms with Crippen LogP contribution in [0.4, 0.5) is 5.82 Å². The van der Waals surface area contributed by atoms with Crippen LogP contribution in [0, 0.1) is 13.8 Å². The predicted octanol–water partition coefficient (Wildman–Crippen LogP) is 2.71. The molecule has 3 rings (SSSR count). The summed E-state index contributed by atoms with van der Waals surface area (Å²) < 4.78 is 38.5. The number of anilines is 1. The van der Waals surface area contributed by atoms with Gasteiger partial charge in [-0.25, -0.2) is 18.1 Å². The Morgan fingerprint density at radius 3 is 2.59 bits per heavy atom. The maximum Gasteiger partial charge on any atom is 0.241 e. The van der Waals surface area contributed by atoms with Crippen molar-refractivity contribution in [3.63, 3.8) is 0 Å². The molecular weight excluding hydrogens is 416 g/mol. The minimum absolute atomic E-state index is 0.0908. The van der Waals surface area contributed by atoms with Gasteiger partial charge in [-0.05, 0) is 44.4 Å². The quantitative estimate of drug-likeness (QED) is 0.630. The van der Waals surface area contributed by atoms with E-state index in [-0.39, 0.29) is 23.1 Å². The molecule has 1 aromatic heterocycles. The lowest BCUT2D eigenvalue weighted by atomic mass is 10.2. The molecule has 0 radical (unpaired) electrons. The second-order valence-corrected chi connectivity index (χ2v) is 8.95. The predicted molar refractivity (Wildman–Crippen MR) is 112 cm³/mol. The van der Waals surface area contributed by atoms with E-state index in [1.165, 1.54) is 13.2 Å². The van der Waals surface area contributed by atoms with Crippen LogP contribution in [0.1, 0.15) is 24.2 Å². The fourth-order valence-electron chi connectivity index (χ4n) is 3.20. The lowest BCUT2D eigenvalue weighted by Gasteiger charge is -2.17. The largest absolute Gasteiger partial charge is 0.495 e. The molecule has 0 spiro atoms. The van der Waals surface area contributed by atoms with E-state index in [1.807, 2.05) is 6.92 Å². The summed E-state index contributed by atoms with van der Waals surface area (Å²) >= 11 is 6.07. The normalized spacial score (nSPS) is 14.3. The van der Waals surface area contributed by atoms with Crippen LogP contribution < -0.4 is 19.1 Å². The van der Waals surface area contributed by atoms with E-state index in [2.05, 4.69) is 19.6 Å². The Morgan fingerprint density at radius 1 is 1.17 bits per heavy atom. The van der Waals surface area contributed by atoms with Gasteiger partial charge >= 0.3 is 0 Å². The molecular formula is C19H25ClN4O4S. The Balaban J connectivity index is 1.61. The zero-order chi connectivity index (χ0) is 21.0. The molecule has 1 fully saturated rings. The standard InChI is InChI=1S/C19H25ClN4O4S/c1-13-10-16(27-3)15(20)11-17(13)29(25,26)21-6-9-28-19-12-18(22-14(2)23-19)24-7-4-5-8-24/h10-12,21H,4-9H2,1-3H3. The molecule has 29 heavy (non-hydrogen) atoms. The van der Waals surface area contributed by atoms with Crippen molar-refractivity contribution in [2.45, 2.75) is 31.6 Å². The second-order valence-electron chi connectivity index (χ2n) is 6.80. The van der Waals surface area contributed by atoms with Crippen LogP contribution in [0.2, 0.25) is 5.02 Å². The van der Waals surface area contributed by atoms with Crippen molar-refractivity contribution < 1.29 is 17.9 Å². The highest BCUT2D eigenvalue weighted by atomic mass is 35.5. The number of aryl methyl sites for hydroxylation is 2. The molecule has 8 nitrogen and oxygen atoms in total. The molecule has 0 atom stereocenters. The number of benzene rings is 1. The van der Waals surface area contributed by atoms with Gasteiger partial charge in [-0.3, -0.25) is 0 Å². The van der Waals surface area contributed by atoms with Gasteiger partial charge in [0.05, 0.1) is 17.0 Å². The van der Waals surface area contributed by atoms with Gasteiger partial charge in [-0.2, -0.15) is 4.98 Å². The van der Waals surface area contributed by atoms with Gasteiger partial charge in [0.25, 0.3) is 0 Å². The third kappa shape index (κ3) is 5.29. The maximum atomic E-state index is 12.6. The number of halogens is 1. The molecule has 2 heterocycles. The fourth-order valence-corrected chi connectivity index (χ4v) is 4.77. The van der Waals surface area contributed by atoms with E-state index in [0.717, 1.165) is 31.7 Å². The number of sulfonamides is 1. The minimum atomic E-state index is -3.73. The van der Waals surface area contributed by atoms with Crippen LogP contribution in [0.3, 0.4) is 0 Å². The van der Waals surface area contributed by atoms with Crippen LogP contribution in [0.25, 0.3) is 0 Å². The van der Waals surface area contributed by atoms with Crippen molar-refractivity contribution in [2.75, 3.05) is 38.3 Å². The van der Waals surface area contributed by atoms with Crippen molar-refractivity contribution in [1.82, 2.24) is 14.7 Å². The van der Waals surface area contributed by atoms with Gasteiger partial charge in [0.15, 0.2) is 0 Å². The number of nitrogens with one attached hydrogen (secondary N) is 1. The van der Waals surface area contributed by atoms with E-state index in [9.17, 15) is 8.42 Å². The van der Waals surface area contributed by atoms with Gasteiger partial charge in [-0.1, -0.05) is 11.6 Å². The average Bonchev–Trinajstić information content (AvgIpc) is 3.21. The zero-order valence-electron chi connectivity index (χ0n) is 16.7. The van der Waals surface area contributed by atoms with Gasteiger partial charge in [-0.15, -0.1) is 0 Å². The highest BCUT2D eigenvalue weighted by Gasteiger charge is 2.19. The molecule has 1 aromatic carbocycles. The first-order valence-electron chi connectivity index (χ1n) is 9.37. The van der Waals surface area contributed by atoms with Crippen LogP contribution in [-0.4, -0.2) is 51.7 Å². The number of rotatable bonds is 8. The monoisotopic (exact) mass is 440 g/mol. The van der Waals surface area contributed by atoms with Crippen molar-refractivity contribution in [1.29, 1.82) is 0 Å². The lowest BCUT2D eigenvalue weighted by molar-refractivity contribution is 0.309. The smallest absolute Gasteiger partial charge is 0.241 e. The third-order valence-electron chi connectivity index (χ3n) is 4.61. The van der Waals surface area contributed by atoms with Crippen molar-refractivity contribution >= 4 is 27.4 Å². The summed E-state index contributed by atoms with van der Waals surface area (Å²) in [6.45, 7) is 5.67. The van der Waals surface area contributed by atoms with Crippen LogP contribution in [0.5, 0.6) is 11.6 Å². The molecule has 1 N–H and O–H groups in total. The molecule has 0 aliphatic carbocycles. The Kier molecular flexibility index (Phi) is 6.81. The van der Waals surface area contributed by atoms with E-state index in [4.69, 9.17) is 21.1 Å². The first-order valence-corrected chi connectivity index (χ1v) is 11.2. The summed E-state index contributed by atoms with van der Waals surface area (Å²) in [5, 5.41) is 0.237. The zero-order valence-corrected chi connectivity index (χ0v) is 18.3. The summed E-state index contributed by atoms with van der Waals surface area (Å²) in [7, 11) is -2.25. The van der Waals surface area contributed by atoms with E-state index >= 15 is 0 Å². The molecule has 0 amide bonds. The first kappa shape index (κ1) is 21.6. The Morgan fingerprint density at radius 2 is 1.90 bits per heavy atom. The summed E-state index contributed by atoms with van der Waals surface area (Å²) in [5.74, 6) is 2.32. The van der Waals surface area contributed by atoms with Crippen LogP contribution in [-0.2, 0) is 10.0 Å². The molecule has 1 aliphatic rings. The summed E-state index contributed by atoms with van der Waals surface area (Å²) in [6, 6.07) is 4.77. The van der Waals surface area contributed by atoms with E-state index in [1.54, 1.807) is 19.1 Å². The van der Waals surface area contributed by atoms with Gasteiger partial charge in [0.2, 0.25) is 15.9 Å². The van der Waals surface area contributed by atoms with Gasteiger partial charge in [0, 0.05) is 25.7 Å². The minimum Gasteiger partial charge on any atom is -0.495 e.